The molecule has 80 valence electrons. The fourth-order valence-electron chi connectivity index (χ4n) is 0.400. The molecule has 13 heavy (non-hydrogen) atoms. The maximum atomic E-state index is 12.4. The van der Waals surface area contributed by atoms with Crippen molar-refractivity contribution in [2.75, 3.05) is 5.21 Å². The smallest absolute Gasteiger partial charge is 0.211 e. The highest BCUT2D eigenvalue weighted by Crippen LogP contribution is 2.53. The van der Waals surface area contributed by atoms with E-state index in [2.05, 4.69) is 11.6 Å². The standard InChI is InChI=1S/C4H2ClF7S/c5-1-13-2(6,3(7,8)9)4(10,11)12/h1H2. The Labute approximate surface area is 77.4 Å². The second-order valence-electron chi connectivity index (χ2n) is 1.84. The molecule has 0 spiro atoms. The van der Waals surface area contributed by atoms with Gasteiger partial charge in [-0.15, -0.1) is 11.6 Å². The van der Waals surface area contributed by atoms with Gasteiger partial charge in [0, 0.05) is 0 Å². The van der Waals surface area contributed by atoms with Crippen LogP contribution in [0.15, 0.2) is 0 Å². The van der Waals surface area contributed by atoms with E-state index in [9.17, 15) is 30.7 Å². The zero-order valence-corrected chi connectivity index (χ0v) is 7.21. The number of alkyl halides is 8. The van der Waals surface area contributed by atoms with Gasteiger partial charge in [0.25, 0.3) is 0 Å². The van der Waals surface area contributed by atoms with Gasteiger partial charge in [0.05, 0.1) is 5.21 Å². The van der Waals surface area contributed by atoms with Gasteiger partial charge in [-0.05, 0) is 0 Å². The molecule has 0 aromatic rings. The molecule has 0 amide bonds. The minimum atomic E-state index is -6.02. The molecule has 9 heteroatoms. The van der Waals surface area contributed by atoms with E-state index < -0.39 is 34.3 Å². The fourth-order valence-corrected chi connectivity index (χ4v) is 1.33. The first-order valence-corrected chi connectivity index (χ1v) is 4.10. The van der Waals surface area contributed by atoms with Crippen molar-refractivity contribution < 1.29 is 30.7 Å². The van der Waals surface area contributed by atoms with Crippen LogP contribution in [0.2, 0.25) is 0 Å². The van der Waals surface area contributed by atoms with E-state index in [-0.39, 0.29) is 0 Å². The van der Waals surface area contributed by atoms with Crippen molar-refractivity contribution in [3.63, 3.8) is 0 Å². The first kappa shape index (κ1) is 13.2. The number of hydrogen-bond donors (Lipinski definition) is 0. The van der Waals surface area contributed by atoms with Gasteiger partial charge in [0.1, 0.15) is 0 Å². The van der Waals surface area contributed by atoms with Gasteiger partial charge in [-0.2, -0.15) is 26.3 Å². The van der Waals surface area contributed by atoms with Crippen LogP contribution in [0.4, 0.5) is 30.7 Å². The van der Waals surface area contributed by atoms with Crippen molar-refractivity contribution in [1.82, 2.24) is 0 Å². The molecule has 0 saturated carbocycles. The summed E-state index contributed by atoms with van der Waals surface area (Å²) in [5, 5.41) is -6.43. The van der Waals surface area contributed by atoms with Crippen molar-refractivity contribution in [3.8, 4) is 0 Å². The third-order valence-electron chi connectivity index (χ3n) is 0.983. The van der Waals surface area contributed by atoms with Gasteiger partial charge in [0.15, 0.2) is 0 Å². The van der Waals surface area contributed by atoms with Crippen molar-refractivity contribution in [2.24, 2.45) is 0 Å². The zero-order chi connectivity index (χ0) is 10.9. The molecule has 0 aliphatic carbocycles. The lowest BCUT2D eigenvalue weighted by atomic mass is 10.3. The Hall–Kier alpha value is 0.150. The summed E-state index contributed by atoms with van der Waals surface area (Å²) >= 11 is 3.56. The summed E-state index contributed by atoms with van der Waals surface area (Å²) in [6, 6.07) is 0. The number of rotatable bonds is 2. The van der Waals surface area contributed by atoms with E-state index in [0.717, 1.165) is 0 Å². The number of thioether (sulfide) groups is 1. The molecular weight excluding hydrogens is 249 g/mol. The Bertz CT molecular complexity index is 158. The lowest BCUT2D eigenvalue weighted by Gasteiger charge is -2.28. The van der Waals surface area contributed by atoms with Gasteiger partial charge in [-0.3, -0.25) is 0 Å². The maximum absolute atomic E-state index is 12.4. The summed E-state index contributed by atoms with van der Waals surface area (Å²) in [7, 11) is 0. The SMILES string of the molecule is FC(F)(F)C(F)(SCCl)C(F)(F)F. The maximum Gasteiger partial charge on any atom is 0.441 e. The lowest BCUT2D eigenvalue weighted by Crippen LogP contribution is -2.50. The lowest BCUT2D eigenvalue weighted by molar-refractivity contribution is -0.302. The molecular formula is C4H2ClF7S. The van der Waals surface area contributed by atoms with Gasteiger partial charge < -0.3 is 0 Å². The molecule has 0 rings (SSSR count). The first-order valence-electron chi connectivity index (χ1n) is 2.58. The predicted molar refractivity (Wildman–Crippen MR) is 34.3 cm³/mol. The van der Waals surface area contributed by atoms with Gasteiger partial charge >= 0.3 is 17.4 Å². The first-order chi connectivity index (χ1) is 5.56. The van der Waals surface area contributed by atoms with E-state index in [1.807, 2.05) is 0 Å². The van der Waals surface area contributed by atoms with Gasteiger partial charge in [-0.1, -0.05) is 11.8 Å². The van der Waals surface area contributed by atoms with E-state index in [1.165, 1.54) is 0 Å². The third-order valence-corrected chi connectivity index (χ3v) is 2.28. The monoisotopic (exact) mass is 250 g/mol. The Morgan fingerprint density at radius 1 is 0.846 bits per heavy atom. The molecule has 0 bridgehead atoms. The van der Waals surface area contributed by atoms with Crippen LogP contribution in [0.25, 0.3) is 0 Å². The minimum absolute atomic E-state index is 1.06. The van der Waals surface area contributed by atoms with E-state index in [4.69, 9.17) is 0 Å². The van der Waals surface area contributed by atoms with Gasteiger partial charge in [0.2, 0.25) is 0 Å². The average molecular weight is 251 g/mol. The summed E-state index contributed by atoms with van der Waals surface area (Å²) in [6.45, 7) is 0. The van der Waals surface area contributed by atoms with Crippen LogP contribution >= 0.6 is 23.4 Å². The summed E-state index contributed by atoms with van der Waals surface area (Å²) in [5.41, 5.74) is 0. The summed E-state index contributed by atoms with van der Waals surface area (Å²) < 4.78 is 82.1. The largest absolute Gasteiger partial charge is 0.441 e. The average Bonchev–Trinajstić information content (AvgIpc) is 1.82. The molecule has 0 nitrogen and oxygen atoms in total. The van der Waals surface area contributed by atoms with E-state index >= 15 is 0 Å². The Morgan fingerprint density at radius 3 is 1.23 bits per heavy atom. The number of hydrogen-bond acceptors (Lipinski definition) is 1. The van der Waals surface area contributed by atoms with Crippen molar-refractivity contribution in [1.29, 1.82) is 0 Å². The van der Waals surface area contributed by atoms with Gasteiger partial charge in [-0.25, -0.2) is 4.39 Å². The Morgan fingerprint density at radius 2 is 1.15 bits per heavy atom. The highest BCUT2D eigenvalue weighted by Gasteiger charge is 2.73. The second kappa shape index (κ2) is 3.72. The van der Waals surface area contributed by atoms with Crippen molar-refractivity contribution in [3.05, 3.63) is 0 Å². The van der Waals surface area contributed by atoms with Crippen molar-refractivity contribution in [2.45, 2.75) is 17.4 Å². The van der Waals surface area contributed by atoms with Crippen LogP contribution in [-0.4, -0.2) is 22.6 Å². The molecule has 0 radical (unpaired) electrons. The molecule has 0 atom stereocenters. The quantitative estimate of drug-likeness (QED) is 0.532. The highest BCUT2D eigenvalue weighted by molar-refractivity contribution is 8.01. The Kier molecular flexibility index (Phi) is 3.76. The molecule has 0 aromatic heterocycles. The molecule has 0 heterocycles. The van der Waals surface area contributed by atoms with Crippen LogP contribution < -0.4 is 0 Å². The minimum Gasteiger partial charge on any atom is -0.211 e. The molecule has 0 N–H and O–H groups in total. The highest BCUT2D eigenvalue weighted by atomic mass is 35.5. The van der Waals surface area contributed by atoms with Crippen molar-refractivity contribution >= 4 is 23.4 Å². The van der Waals surface area contributed by atoms with E-state index in [0.29, 0.717) is 0 Å². The second-order valence-corrected chi connectivity index (χ2v) is 3.57. The van der Waals surface area contributed by atoms with E-state index in [1.54, 1.807) is 0 Å². The third kappa shape index (κ3) is 2.55. The van der Waals surface area contributed by atoms with Crippen LogP contribution in [0.3, 0.4) is 0 Å². The predicted octanol–water partition coefficient (Wildman–Crippen LogP) is 3.71. The summed E-state index contributed by atoms with van der Waals surface area (Å²) in [4.78, 5) is 0. The Balaban J connectivity index is 4.96. The normalized spacial score (nSPS) is 14.8. The molecule has 0 aromatic carbocycles. The van der Waals surface area contributed by atoms with Crippen LogP contribution in [0.1, 0.15) is 0 Å². The summed E-state index contributed by atoms with van der Waals surface area (Å²) in [6.07, 6.45) is -12.0. The number of halogens is 8. The molecule has 0 aliphatic heterocycles. The van der Waals surface area contributed by atoms with Crippen LogP contribution in [-0.2, 0) is 0 Å². The zero-order valence-electron chi connectivity index (χ0n) is 5.64. The fraction of sp³-hybridized carbons (Fsp3) is 1.00. The summed E-state index contributed by atoms with van der Waals surface area (Å²) in [5.74, 6) is 0. The molecule has 0 unspecified atom stereocenters. The molecule has 0 aliphatic rings. The van der Waals surface area contributed by atoms with Crippen LogP contribution in [0, 0.1) is 0 Å². The topological polar surface area (TPSA) is 0 Å². The molecule has 0 fully saturated rings. The molecule has 0 saturated heterocycles. The van der Waals surface area contributed by atoms with Crippen LogP contribution in [0.5, 0.6) is 0 Å².